The molecule has 2 aromatic carbocycles. The minimum absolute atomic E-state index is 0.563. The molecule has 0 bridgehead atoms. The summed E-state index contributed by atoms with van der Waals surface area (Å²) in [6, 6.07) is 15.2. The largest absolute Gasteiger partial charge is 0.298 e. The van der Waals surface area contributed by atoms with Gasteiger partial charge in [-0.05, 0) is 41.5 Å². The van der Waals surface area contributed by atoms with Crippen LogP contribution >= 0.6 is 11.6 Å². The Morgan fingerprint density at radius 2 is 1.95 bits per heavy atom. The van der Waals surface area contributed by atoms with Crippen molar-refractivity contribution in [1.82, 2.24) is 4.98 Å². The lowest BCUT2D eigenvalue weighted by Gasteiger charge is -2.07. The van der Waals surface area contributed by atoms with Gasteiger partial charge < -0.3 is 0 Å². The standard InChI is InChI=1S/C16H10ClNO/c17-14-4-5-15(13(9-14)10-19)11-3-6-16-12(8-11)2-1-7-18-16/h1-10H. The molecule has 0 radical (unpaired) electrons. The molecular formula is C16H10ClNO. The molecule has 0 unspecified atom stereocenters. The molecule has 0 saturated heterocycles. The summed E-state index contributed by atoms with van der Waals surface area (Å²) in [4.78, 5) is 15.4. The van der Waals surface area contributed by atoms with Crippen LogP contribution in [0.4, 0.5) is 0 Å². The van der Waals surface area contributed by atoms with Crippen LogP contribution in [0, 0.1) is 0 Å². The Kier molecular flexibility index (Phi) is 3.02. The summed E-state index contributed by atoms with van der Waals surface area (Å²) in [6.45, 7) is 0. The normalized spacial score (nSPS) is 10.6. The van der Waals surface area contributed by atoms with Gasteiger partial charge in [-0.25, -0.2) is 0 Å². The molecule has 2 nitrogen and oxygen atoms in total. The number of rotatable bonds is 2. The van der Waals surface area contributed by atoms with Gasteiger partial charge in [0.25, 0.3) is 0 Å². The molecule has 1 heterocycles. The van der Waals surface area contributed by atoms with Gasteiger partial charge in [-0.1, -0.05) is 29.8 Å². The minimum atomic E-state index is 0.563. The smallest absolute Gasteiger partial charge is 0.150 e. The van der Waals surface area contributed by atoms with E-state index in [0.29, 0.717) is 10.6 Å². The second-order valence-electron chi connectivity index (χ2n) is 4.26. The summed E-state index contributed by atoms with van der Waals surface area (Å²) in [6.07, 6.45) is 2.59. The van der Waals surface area contributed by atoms with Gasteiger partial charge in [0.2, 0.25) is 0 Å². The van der Waals surface area contributed by atoms with Crippen molar-refractivity contribution in [2.45, 2.75) is 0 Å². The SMILES string of the molecule is O=Cc1cc(Cl)ccc1-c1ccc2ncccc2c1. The molecule has 0 amide bonds. The van der Waals surface area contributed by atoms with Crippen molar-refractivity contribution < 1.29 is 4.79 Å². The Hall–Kier alpha value is -2.19. The molecule has 3 rings (SSSR count). The first-order chi connectivity index (χ1) is 9.28. The van der Waals surface area contributed by atoms with E-state index in [2.05, 4.69) is 4.98 Å². The number of carbonyl (C=O) groups excluding carboxylic acids is 1. The summed E-state index contributed by atoms with van der Waals surface area (Å²) >= 11 is 5.91. The third-order valence-electron chi connectivity index (χ3n) is 3.05. The van der Waals surface area contributed by atoms with Crippen LogP contribution in [0.2, 0.25) is 5.02 Å². The van der Waals surface area contributed by atoms with E-state index in [4.69, 9.17) is 11.6 Å². The first-order valence-corrected chi connectivity index (χ1v) is 6.25. The first kappa shape index (κ1) is 11.9. The molecule has 0 aliphatic rings. The lowest BCUT2D eigenvalue weighted by molar-refractivity contribution is 0.112. The highest BCUT2D eigenvalue weighted by Crippen LogP contribution is 2.27. The quantitative estimate of drug-likeness (QED) is 0.646. The van der Waals surface area contributed by atoms with Crippen LogP contribution in [0.5, 0.6) is 0 Å². The van der Waals surface area contributed by atoms with Crippen LogP contribution in [0.25, 0.3) is 22.0 Å². The van der Waals surface area contributed by atoms with E-state index in [-0.39, 0.29) is 0 Å². The summed E-state index contributed by atoms with van der Waals surface area (Å²) in [5.41, 5.74) is 3.40. The monoisotopic (exact) mass is 267 g/mol. The number of hydrogen-bond acceptors (Lipinski definition) is 2. The Morgan fingerprint density at radius 3 is 2.79 bits per heavy atom. The molecule has 3 aromatic rings. The molecule has 0 atom stereocenters. The van der Waals surface area contributed by atoms with E-state index in [1.54, 1.807) is 18.3 Å². The Labute approximate surface area is 115 Å². The molecule has 1 aromatic heterocycles. The van der Waals surface area contributed by atoms with Gasteiger partial charge in [-0.3, -0.25) is 9.78 Å². The van der Waals surface area contributed by atoms with E-state index >= 15 is 0 Å². The van der Waals surface area contributed by atoms with Crippen LogP contribution in [0.1, 0.15) is 10.4 Å². The maximum absolute atomic E-state index is 11.1. The topological polar surface area (TPSA) is 30.0 Å². The molecule has 0 aliphatic heterocycles. The van der Waals surface area contributed by atoms with Crippen molar-refractivity contribution in [3.05, 3.63) is 65.3 Å². The number of benzene rings is 2. The van der Waals surface area contributed by atoms with E-state index in [0.717, 1.165) is 28.3 Å². The van der Waals surface area contributed by atoms with Crippen molar-refractivity contribution in [3.8, 4) is 11.1 Å². The predicted molar refractivity (Wildman–Crippen MR) is 77.6 cm³/mol. The Bertz CT molecular complexity index is 768. The van der Waals surface area contributed by atoms with Crippen LogP contribution in [0.3, 0.4) is 0 Å². The van der Waals surface area contributed by atoms with Crippen molar-refractivity contribution >= 4 is 28.8 Å². The number of halogens is 1. The van der Waals surface area contributed by atoms with Crippen molar-refractivity contribution in [3.63, 3.8) is 0 Å². The maximum Gasteiger partial charge on any atom is 0.150 e. The number of aromatic nitrogens is 1. The molecule has 0 aliphatic carbocycles. The number of carbonyl (C=O) groups is 1. The fourth-order valence-corrected chi connectivity index (χ4v) is 2.32. The molecule has 3 heteroatoms. The van der Waals surface area contributed by atoms with Crippen LogP contribution < -0.4 is 0 Å². The third kappa shape index (κ3) is 2.23. The van der Waals surface area contributed by atoms with Crippen LogP contribution in [-0.4, -0.2) is 11.3 Å². The van der Waals surface area contributed by atoms with Gasteiger partial charge in [0.05, 0.1) is 5.52 Å². The highest BCUT2D eigenvalue weighted by Gasteiger charge is 2.06. The summed E-state index contributed by atoms with van der Waals surface area (Å²) in [7, 11) is 0. The summed E-state index contributed by atoms with van der Waals surface area (Å²) in [5, 5.41) is 1.61. The molecule has 19 heavy (non-hydrogen) atoms. The van der Waals surface area contributed by atoms with Crippen LogP contribution in [0.15, 0.2) is 54.7 Å². The highest BCUT2D eigenvalue weighted by molar-refractivity contribution is 6.31. The Balaban J connectivity index is 2.21. The van der Waals surface area contributed by atoms with Crippen molar-refractivity contribution in [2.75, 3.05) is 0 Å². The first-order valence-electron chi connectivity index (χ1n) is 5.88. The minimum Gasteiger partial charge on any atom is -0.298 e. The van der Waals surface area contributed by atoms with Crippen molar-refractivity contribution in [2.24, 2.45) is 0 Å². The van der Waals surface area contributed by atoms with Gasteiger partial charge in [0.15, 0.2) is 6.29 Å². The lowest BCUT2D eigenvalue weighted by Crippen LogP contribution is -1.88. The number of fused-ring (bicyclic) bond motifs is 1. The van der Waals surface area contributed by atoms with Crippen LogP contribution in [-0.2, 0) is 0 Å². The number of hydrogen-bond donors (Lipinski definition) is 0. The summed E-state index contributed by atoms with van der Waals surface area (Å²) in [5.74, 6) is 0. The second-order valence-corrected chi connectivity index (χ2v) is 4.70. The lowest BCUT2D eigenvalue weighted by atomic mass is 9.99. The molecule has 92 valence electrons. The molecule has 0 N–H and O–H groups in total. The highest BCUT2D eigenvalue weighted by atomic mass is 35.5. The number of pyridine rings is 1. The van der Waals surface area contributed by atoms with E-state index < -0.39 is 0 Å². The van der Waals surface area contributed by atoms with E-state index in [9.17, 15) is 4.79 Å². The Morgan fingerprint density at radius 1 is 1.05 bits per heavy atom. The molecule has 0 saturated carbocycles. The number of nitrogens with zero attached hydrogens (tertiary/aromatic N) is 1. The zero-order valence-electron chi connectivity index (χ0n) is 10.0. The van der Waals surface area contributed by atoms with Gasteiger partial charge in [-0.2, -0.15) is 0 Å². The summed E-state index contributed by atoms with van der Waals surface area (Å²) < 4.78 is 0. The molecule has 0 fully saturated rings. The third-order valence-corrected chi connectivity index (χ3v) is 3.29. The second kappa shape index (κ2) is 4.82. The maximum atomic E-state index is 11.1. The zero-order valence-corrected chi connectivity index (χ0v) is 10.8. The molecule has 0 spiro atoms. The van der Waals surface area contributed by atoms with Gasteiger partial charge in [-0.15, -0.1) is 0 Å². The fraction of sp³-hybridized carbons (Fsp3) is 0. The van der Waals surface area contributed by atoms with Crippen molar-refractivity contribution in [1.29, 1.82) is 0 Å². The zero-order chi connectivity index (χ0) is 13.2. The molecular weight excluding hydrogens is 258 g/mol. The van der Waals surface area contributed by atoms with E-state index in [1.165, 1.54) is 0 Å². The average molecular weight is 268 g/mol. The average Bonchev–Trinajstić information content (AvgIpc) is 2.46. The van der Waals surface area contributed by atoms with Gasteiger partial charge in [0.1, 0.15) is 0 Å². The van der Waals surface area contributed by atoms with E-state index in [1.807, 2.05) is 36.4 Å². The van der Waals surface area contributed by atoms with Gasteiger partial charge in [0, 0.05) is 22.2 Å². The fourth-order valence-electron chi connectivity index (χ4n) is 2.14. The number of aldehydes is 1. The van der Waals surface area contributed by atoms with Gasteiger partial charge >= 0.3 is 0 Å². The predicted octanol–water partition coefficient (Wildman–Crippen LogP) is 4.37.